The number of carbonyl (C=O) groups is 3. The van der Waals surface area contributed by atoms with E-state index in [4.69, 9.17) is 8.83 Å². The van der Waals surface area contributed by atoms with Crippen LogP contribution in [-0.2, 0) is 16.1 Å². The van der Waals surface area contributed by atoms with Crippen molar-refractivity contribution in [2.75, 3.05) is 5.32 Å². The van der Waals surface area contributed by atoms with Crippen LogP contribution in [0.5, 0.6) is 0 Å². The summed E-state index contributed by atoms with van der Waals surface area (Å²) in [6.45, 7) is -0.168. The lowest BCUT2D eigenvalue weighted by atomic mass is 10.2. The van der Waals surface area contributed by atoms with Crippen molar-refractivity contribution >= 4 is 34.7 Å². The van der Waals surface area contributed by atoms with E-state index in [-0.39, 0.29) is 48.7 Å². The molecule has 1 aromatic carbocycles. The van der Waals surface area contributed by atoms with E-state index in [1.165, 1.54) is 6.07 Å². The Morgan fingerprint density at radius 2 is 1.81 bits per heavy atom. The van der Waals surface area contributed by atoms with Gasteiger partial charge in [-0.1, -0.05) is 23.3 Å². The van der Waals surface area contributed by atoms with E-state index in [1.807, 2.05) is 0 Å². The van der Waals surface area contributed by atoms with Crippen LogP contribution < -0.4 is 10.9 Å². The Morgan fingerprint density at radius 3 is 2.59 bits per heavy atom. The molecule has 10 heteroatoms. The van der Waals surface area contributed by atoms with Crippen molar-refractivity contribution in [3.8, 4) is 0 Å². The van der Waals surface area contributed by atoms with E-state index in [1.54, 1.807) is 24.3 Å². The van der Waals surface area contributed by atoms with E-state index in [9.17, 15) is 19.2 Å². The summed E-state index contributed by atoms with van der Waals surface area (Å²) in [5, 5.41) is 10.2. The molecule has 0 saturated carbocycles. The summed E-state index contributed by atoms with van der Waals surface area (Å²) in [6.07, 6.45) is 0.294. The van der Waals surface area contributed by atoms with Gasteiger partial charge in [-0.2, -0.15) is 0 Å². The maximum atomic E-state index is 12.3. The number of amides is 3. The zero-order valence-corrected chi connectivity index (χ0v) is 13.8. The van der Waals surface area contributed by atoms with Gasteiger partial charge >= 0.3 is 11.6 Å². The van der Waals surface area contributed by atoms with Gasteiger partial charge in [-0.05, 0) is 12.1 Å². The number of fused-ring (bicyclic) bond motifs is 1. The second-order valence-corrected chi connectivity index (χ2v) is 5.81. The van der Waals surface area contributed by atoms with Crippen LogP contribution in [0.4, 0.5) is 6.01 Å². The van der Waals surface area contributed by atoms with Crippen LogP contribution in [0.15, 0.2) is 44.0 Å². The van der Waals surface area contributed by atoms with Crippen molar-refractivity contribution in [1.82, 2.24) is 15.1 Å². The highest BCUT2D eigenvalue weighted by atomic mass is 16.4. The molecule has 1 N–H and O–H groups in total. The minimum absolute atomic E-state index is 0.0144. The highest BCUT2D eigenvalue weighted by Gasteiger charge is 2.30. The van der Waals surface area contributed by atoms with Crippen molar-refractivity contribution in [3.05, 3.63) is 52.2 Å². The number of anilines is 1. The minimum atomic E-state index is -0.806. The van der Waals surface area contributed by atoms with Gasteiger partial charge in [0.1, 0.15) is 17.7 Å². The lowest BCUT2D eigenvalue weighted by Gasteiger charge is -2.09. The second kappa shape index (κ2) is 6.48. The molecule has 1 saturated heterocycles. The maximum absolute atomic E-state index is 12.3. The molecule has 0 atom stereocenters. The molecule has 3 aromatic rings. The van der Waals surface area contributed by atoms with Crippen molar-refractivity contribution in [3.63, 3.8) is 0 Å². The first kappa shape index (κ1) is 16.6. The number of imide groups is 1. The Labute approximate surface area is 150 Å². The van der Waals surface area contributed by atoms with Gasteiger partial charge in [0.05, 0.1) is 0 Å². The molecule has 2 aromatic heterocycles. The molecule has 10 nitrogen and oxygen atoms in total. The van der Waals surface area contributed by atoms with E-state index in [0.29, 0.717) is 11.0 Å². The number of rotatable bonds is 4. The fourth-order valence-corrected chi connectivity index (χ4v) is 2.69. The largest absolute Gasteiger partial charge is 0.422 e. The Bertz CT molecular complexity index is 1120. The molecule has 0 radical (unpaired) electrons. The van der Waals surface area contributed by atoms with Crippen LogP contribution in [0.1, 0.15) is 29.1 Å². The standard InChI is InChI=1S/C17H12N4O6/c22-13-5-6-14(23)21(13)8-12-19-20-17(27-12)18-15(24)10-7-9-3-1-2-4-11(9)26-16(10)25/h1-4,7H,5-6,8H2,(H,18,20,24). The van der Waals surface area contributed by atoms with Gasteiger partial charge in [0.2, 0.25) is 17.7 Å². The van der Waals surface area contributed by atoms with E-state index >= 15 is 0 Å². The molecular weight excluding hydrogens is 356 g/mol. The molecule has 1 fully saturated rings. The van der Waals surface area contributed by atoms with Crippen LogP contribution in [0, 0.1) is 0 Å². The Balaban J connectivity index is 1.51. The number of nitrogens with zero attached hydrogens (tertiary/aromatic N) is 3. The van der Waals surface area contributed by atoms with Gasteiger partial charge in [-0.25, -0.2) is 4.79 Å². The van der Waals surface area contributed by atoms with Gasteiger partial charge < -0.3 is 8.83 Å². The summed E-state index contributed by atoms with van der Waals surface area (Å²) in [5.41, 5.74) is -0.670. The maximum Gasteiger partial charge on any atom is 0.349 e. The topological polar surface area (TPSA) is 136 Å². The zero-order chi connectivity index (χ0) is 19.0. The van der Waals surface area contributed by atoms with Gasteiger partial charge in [0.25, 0.3) is 5.91 Å². The number of para-hydroxylation sites is 1. The Kier molecular flexibility index (Phi) is 3.99. The van der Waals surface area contributed by atoms with E-state index < -0.39 is 11.5 Å². The van der Waals surface area contributed by atoms with Crippen molar-refractivity contribution in [2.24, 2.45) is 0 Å². The predicted octanol–water partition coefficient (Wildman–Crippen LogP) is 1.08. The summed E-state index contributed by atoms with van der Waals surface area (Å²) in [7, 11) is 0. The molecule has 1 aliphatic rings. The second-order valence-electron chi connectivity index (χ2n) is 5.81. The van der Waals surface area contributed by atoms with Crippen LogP contribution in [-0.4, -0.2) is 32.8 Å². The molecule has 3 heterocycles. The number of nitrogens with one attached hydrogen (secondary N) is 1. The smallest absolute Gasteiger partial charge is 0.349 e. The average molecular weight is 368 g/mol. The SMILES string of the molecule is O=C(Nc1nnc(CN2C(=O)CCC2=O)o1)c1cc2ccccc2oc1=O. The third-order valence-electron chi connectivity index (χ3n) is 4.02. The molecule has 0 spiro atoms. The number of carbonyl (C=O) groups excluding carboxylic acids is 3. The quantitative estimate of drug-likeness (QED) is 0.534. The van der Waals surface area contributed by atoms with Gasteiger partial charge in [-0.3, -0.25) is 24.6 Å². The molecule has 0 aliphatic carbocycles. The van der Waals surface area contributed by atoms with Crippen LogP contribution in [0.25, 0.3) is 11.0 Å². The number of aromatic nitrogens is 2. The first-order valence-corrected chi connectivity index (χ1v) is 8.01. The van der Waals surface area contributed by atoms with E-state index in [0.717, 1.165) is 4.90 Å². The number of benzene rings is 1. The monoisotopic (exact) mass is 368 g/mol. The number of likely N-dealkylation sites (tertiary alicyclic amines) is 1. The summed E-state index contributed by atoms with van der Waals surface area (Å²) >= 11 is 0. The lowest BCUT2D eigenvalue weighted by molar-refractivity contribution is -0.139. The Morgan fingerprint density at radius 1 is 1.07 bits per heavy atom. The average Bonchev–Trinajstić information content (AvgIpc) is 3.22. The van der Waals surface area contributed by atoms with Gasteiger partial charge in [0, 0.05) is 18.2 Å². The van der Waals surface area contributed by atoms with Crippen molar-refractivity contribution in [1.29, 1.82) is 0 Å². The van der Waals surface area contributed by atoms with Crippen LogP contribution in [0.3, 0.4) is 0 Å². The first-order chi connectivity index (χ1) is 13.0. The molecule has 4 rings (SSSR count). The molecule has 1 aliphatic heterocycles. The highest BCUT2D eigenvalue weighted by Crippen LogP contribution is 2.17. The molecule has 27 heavy (non-hydrogen) atoms. The first-order valence-electron chi connectivity index (χ1n) is 8.01. The minimum Gasteiger partial charge on any atom is -0.422 e. The normalized spacial score (nSPS) is 14.1. The summed E-state index contributed by atoms with van der Waals surface area (Å²) in [4.78, 5) is 48.5. The number of hydrogen-bond acceptors (Lipinski definition) is 8. The summed E-state index contributed by atoms with van der Waals surface area (Å²) in [5.74, 6) is -1.44. The van der Waals surface area contributed by atoms with Crippen molar-refractivity contribution in [2.45, 2.75) is 19.4 Å². The fourth-order valence-electron chi connectivity index (χ4n) is 2.69. The summed E-state index contributed by atoms with van der Waals surface area (Å²) < 4.78 is 10.3. The van der Waals surface area contributed by atoms with E-state index in [2.05, 4.69) is 15.5 Å². The molecule has 3 amide bonds. The third kappa shape index (κ3) is 3.19. The molecule has 0 bridgehead atoms. The summed E-state index contributed by atoms with van der Waals surface area (Å²) in [6, 6.07) is 7.90. The van der Waals surface area contributed by atoms with Gasteiger partial charge in [0.15, 0.2) is 0 Å². The van der Waals surface area contributed by atoms with Gasteiger partial charge in [-0.15, -0.1) is 5.10 Å². The predicted molar refractivity (Wildman–Crippen MR) is 89.5 cm³/mol. The zero-order valence-electron chi connectivity index (χ0n) is 13.8. The Hall–Kier alpha value is -3.82. The number of hydrogen-bond donors (Lipinski definition) is 1. The van der Waals surface area contributed by atoms with Crippen LogP contribution >= 0.6 is 0 Å². The molecule has 136 valence electrons. The highest BCUT2D eigenvalue weighted by molar-refractivity contribution is 6.04. The van der Waals surface area contributed by atoms with Crippen molar-refractivity contribution < 1.29 is 23.2 Å². The molecule has 0 unspecified atom stereocenters. The third-order valence-corrected chi connectivity index (χ3v) is 4.02. The molecular formula is C17H12N4O6. The van der Waals surface area contributed by atoms with Crippen LogP contribution in [0.2, 0.25) is 0 Å². The fraction of sp³-hybridized carbons (Fsp3) is 0.176. The lowest BCUT2D eigenvalue weighted by Crippen LogP contribution is -2.28.